The SMILES string of the molecule is O=C(CO)NC1CC2(CCN(Cc3ccco3)CC2)Oc2ccccc21.O=C(O)C(F)(F)F. The summed E-state index contributed by atoms with van der Waals surface area (Å²) < 4.78 is 43.6. The Bertz CT molecular complexity index is 940. The van der Waals surface area contributed by atoms with Gasteiger partial charge in [-0.15, -0.1) is 0 Å². The summed E-state index contributed by atoms with van der Waals surface area (Å²) in [6, 6.07) is 11.6. The van der Waals surface area contributed by atoms with Gasteiger partial charge in [0.25, 0.3) is 0 Å². The van der Waals surface area contributed by atoms with Crippen molar-refractivity contribution in [2.75, 3.05) is 19.7 Å². The molecule has 1 aromatic heterocycles. The van der Waals surface area contributed by atoms with Crippen molar-refractivity contribution >= 4 is 11.9 Å². The van der Waals surface area contributed by atoms with Crippen molar-refractivity contribution in [1.82, 2.24) is 10.2 Å². The van der Waals surface area contributed by atoms with Gasteiger partial charge in [-0.3, -0.25) is 9.69 Å². The number of amides is 1. The predicted molar refractivity (Wildman–Crippen MR) is 109 cm³/mol. The second kappa shape index (κ2) is 10.3. The van der Waals surface area contributed by atoms with Crippen LogP contribution in [0.3, 0.4) is 0 Å². The lowest BCUT2D eigenvalue weighted by Gasteiger charge is -2.46. The van der Waals surface area contributed by atoms with E-state index < -0.39 is 18.8 Å². The number of carbonyl (C=O) groups excluding carboxylic acids is 1. The number of alkyl halides is 3. The van der Waals surface area contributed by atoms with Gasteiger partial charge in [-0.05, 0) is 31.0 Å². The molecule has 1 atom stereocenters. The van der Waals surface area contributed by atoms with Crippen LogP contribution in [-0.4, -0.2) is 58.5 Å². The maximum absolute atomic E-state index is 11.8. The fourth-order valence-electron chi connectivity index (χ4n) is 4.03. The molecule has 1 amide bonds. The van der Waals surface area contributed by atoms with E-state index in [9.17, 15) is 18.0 Å². The number of aliphatic hydroxyl groups excluding tert-OH is 1. The smallest absolute Gasteiger partial charge is 0.487 e. The maximum atomic E-state index is 11.8. The molecule has 0 saturated carbocycles. The maximum Gasteiger partial charge on any atom is 0.490 e. The molecule has 3 N–H and O–H groups in total. The molecule has 1 aromatic carbocycles. The van der Waals surface area contributed by atoms with Gasteiger partial charge in [-0.25, -0.2) is 4.79 Å². The molecule has 33 heavy (non-hydrogen) atoms. The average molecular weight is 470 g/mol. The first-order valence-electron chi connectivity index (χ1n) is 10.3. The molecule has 2 aliphatic rings. The van der Waals surface area contributed by atoms with Crippen LogP contribution in [0.4, 0.5) is 13.2 Å². The van der Waals surface area contributed by atoms with E-state index in [0.717, 1.165) is 56.0 Å². The number of rotatable bonds is 4. The lowest BCUT2D eigenvalue weighted by molar-refractivity contribution is -0.192. The van der Waals surface area contributed by atoms with Crippen LogP contribution in [0.5, 0.6) is 5.75 Å². The Kier molecular flexibility index (Phi) is 7.65. The zero-order valence-electron chi connectivity index (χ0n) is 17.7. The number of para-hydroxylation sites is 1. The van der Waals surface area contributed by atoms with Crippen molar-refractivity contribution in [3.63, 3.8) is 0 Å². The standard InChI is InChI=1S/C20H24N2O4.C2HF3O2/c23-14-19(24)21-17-12-20(26-18-6-2-1-5-16(17)18)7-9-22(10-8-20)13-15-4-3-11-25-15;3-2(4,5)1(6)7/h1-6,11,17,23H,7-10,12-14H2,(H,21,24);(H,6,7). The Balaban J connectivity index is 0.000000383. The molecule has 1 unspecified atom stereocenters. The van der Waals surface area contributed by atoms with E-state index in [1.807, 2.05) is 36.4 Å². The lowest BCUT2D eigenvalue weighted by Crippen LogP contribution is -2.52. The van der Waals surface area contributed by atoms with Crippen molar-refractivity contribution in [2.24, 2.45) is 0 Å². The van der Waals surface area contributed by atoms with Crippen molar-refractivity contribution in [2.45, 2.75) is 43.6 Å². The highest BCUT2D eigenvalue weighted by atomic mass is 19.4. The summed E-state index contributed by atoms with van der Waals surface area (Å²) in [7, 11) is 0. The zero-order valence-corrected chi connectivity index (χ0v) is 17.7. The number of hydrogen-bond acceptors (Lipinski definition) is 6. The second-order valence-electron chi connectivity index (χ2n) is 7.96. The third-order valence-corrected chi connectivity index (χ3v) is 5.65. The van der Waals surface area contributed by atoms with E-state index in [1.54, 1.807) is 6.26 Å². The van der Waals surface area contributed by atoms with E-state index in [0.29, 0.717) is 0 Å². The van der Waals surface area contributed by atoms with Gasteiger partial charge in [0.05, 0.1) is 18.8 Å². The number of benzene rings is 1. The zero-order chi connectivity index (χ0) is 24.1. The van der Waals surface area contributed by atoms with Crippen LogP contribution in [0.25, 0.3) is 0 Å². The van der Waals surface area contributed by atoms with Gasteiger partial charge in [-0.1, -0.05) is 18.2 Å². The first-order chi connectivity index (χ1) is 15.6. The summed E-state index contributed by atoms with van der Waals surface area (Å²) >= 11 is 0. The number of hydrogen-bond donors (Lipinski definition) is 3. The number of fused-ring (bicyclic) bond motifs is 1. The average Bonchev–Trinajstić information content (AvgIpc) is 3.28. The molecule has 1 fully saturated rings. The fourth-order valence-corrected chi connectivity index (χ4v) is 4.03. The number of aliphatic carboxylic acids is 1. The number of carbonyl (C=O) groups is 2. The summed E-state index contributed by atoms with van der Waals surface area (Å²) in [5.41, 5.74) is 0.708. The Morgan fingerprint density at radius 1 is 1.15 bits per heavy atom. The van der Waals surface area contributed by atoms with E-state index in [-0.39, 0.29) is 17.6 Å². The van der Waals surface area contributed by atoms with Crippen molar-refractivity contribution in [3.8, 4) is 5.75 Å². The summed E-state index contributed by atoms with van der Waals surface area (Å²) in [4.78, 5) is 23.0. The van der Waals surface area contributed by atoms with Crippen LogP contribution in [0.15, 0.2) is 47.1 Å². The third kappa shape index (κ3) is 6.48. The molecule has 1 saturated heterocycles. The van der Waals surface area contributed by atoms with Crippen LogP contribution in [-0.2, 0) is 16.1 Å². The summed E-state index contributed by atoms with van der Waals surface area (Å²) in [6.45, 7) is 2.15. The van der Waals surface area contributed by atoms with Crippen LogP contribution in [0.2, 0.25) is 0 Å². The lowest BCUT2D eigenvalue weighted by atomic mass is 9.80. The van der Waals surface area contributed by atoms with E-state index in [1.165, 1.54) is 0 Å². The molecular formula is C22H25F3N2O6. The van der Waals surface area contributed by atoms with E-state index in [2.05, 4.69) is 10.2 Å². The molecular weight excluding hydrogens is 445 g/mol. The van der Waals surface area contributed by atoms with Gasteiger partial charge in [0, 0.05) is 25.1 Å². The Morgan fingerprint density at radius 3 is 2.39 bits per heavy atom. The molecule has 1 spiro atoms. The number of furan rings is 1. The topological polar surface area (TPSA) is 112 Å². The largest absolute Gasteiger partial charge is 0.490 e. The number of nitrogens with one attached hydrogen (secondary N) is 1. The minimum atomic E-state index is -5.08. The van der Waals surface area contributed by atoms with Gasteiger partial charge in [0.2, 0.25) is 5.91 Å². The molecule has 0 aliphatic carbocycles. The van der Waals surface area contributed by atoms with E-state index >= 15 is 0 Å². The third-order valence-electron chi connectivity index (χ3n) is 5.65. The van der Waals surface area contributed by atoms with Crippen LogP contribution < -0.4 is 10.1 Å². The highest BCUT2D eigenvalue weighted by molar-refractivity contribution is 5.77. The van der Waals surface area contributed by atoms with Crippen LogP contribution >= 0.6 is 0 Å². The number of nitrogens with zero attached hydrogens (tertiary/aromatic N) is 1. The van der Waals surface area contributed by atoms with Gasteiger partial charge < -0.3 is 24.7 Å². The molecule has 0 radical (unpaired) electrons. The first kappa shape index (κ1) is 24.6. The highest BCUT2D eigenvalue weighted by Crippen LogP contribution is 2.44. The summed E-state index contributed by atoms with van der Waals surface area (Å²) in [5, 5.41) is 19.2. The van der Waals surface area contributed by atoms with Crippen molar-refractivity contribution in [3.05, 3.63) is 54.0 Å². The number of ether oxygens (including phenoxy) is 1. The molecule has 180 valence electrons. The Morgan fingerprint density at radius 2 is 1.82 bits per heavy atom. The molecule has 4 rings (SSSR count). The van der Waals surface area contributed by atoms with Gasteiger partial charge in [0.1, 0.15) is 23.7 Å². The summed E-state index contributed by atoms with van der Waals surface area (Å²) in [5.74, 6) is -1.30. The highest BCUT2D eigenvalue weighted by Gasteiger charge is 2.43. The number of likely N-dealkylation sites (tertiary alicyclic amines) is 1. The number of halogens is 3. The van der Waals surface area contributed by atoms with Crippen LogP contribution in [0, 0.1) is 0 Å². The number of piperidine rings is 1. The molecule has 0 bridgehead atoms. The first-order valence-corrected chi connectivity index (χ1v) is 10.3. The minimum absolute atomic E-state index is 0.128. The number of aliphatic hydroxyl groups is 1. The molecule has 2 aliphatic heterocycles. The van der Waals surface area contributed by atoms with Gasteiger partial charge >= 0.3 is 12.1 Å². The fraction of sp³-hybridized carbons (Fsp3) is 0.455. The van der Waals surface area contributed by atoms with Crippen molar-refractivity contribution < 1.29 is 42.1 Å². The summed E-state index contributed by atoms with van der Waals surface area (Å²) in [6.07, 6.45) is -0.859. The van der Waals surface area contributed by atoms with Gasteiger partial charge in [0.15, 0.2) is 0 Å². The minimum Gasteiger partial charge on any atom is -0.487 e. The number of carboxylic acid groups (broad SMARTS) is 1. The van der Waals surface area contributed by atoms with Crippen LogP contribution in [0.1, 0.15) is 36.6 Å². The molecule has 2 aromatic rings. The number of carboxylic acids is 1. The normalized spacial score (nSPS) is 19.6. The van der Waals surface area contributed by atoms with Crippen molar-refractivity contribution in [1.29, 1.82) is 0 Å². The van der Waals surface area contributed by atoms with E-state index in [4.69, 9.17) is 24.2 Å². The molecule has 11 heteroatoms. The Hall–Kier alpha value is -3.05. The quantitative estimate of drug-likeness (QED) is 0.630. The molecule has 8 nitrogen and oxygen atoms in total. The van der Waals surface area contributed by atoms with Gasteiger partial charge in [-0.2, -0.15) is 13.2 Å². The Labute approximate surface area is 187 Å². The molecule has 3 heterocycles. The second-order valence-corrected chi connectivity index (χ2v) is 7.96. The monoisotopic (exact) mass is 470 g/mol. The predicted octanol–water partition coefficient (Wildman–Crippen LogP) is 2.88.